The molecule has 39 heavy (non-hydrogen) atoms. The number of allylic oxidation sites excluding steroid dienone is 1. The molecule has 0 aromatic rings. The van der Waals surface area contributed by atoms with Crippen molar-refractivity contribution in [1.82, 2.24) is 0 Å². The number of ether oxygens (including phenoxy) is 2. The minimum absolute atomic E-state index is 0.0244. The molecule has 1 aliphatic heterocycles. The third-order valence-electron chi connectivity index (χ3n) is 13.3. The Morgan fingerprint density at radius 2 is 1.74 bits per heavy atom. The van der Waals surface area contributed by atoms with Gasteiger partial charge in [0.05, 0.1) is 25.2 Å². The third kappa shape index (κ3) is 3.50. The van der Waals surface area contributed by atoms with Gasteiger partial charge in [0, 0.05) is 23.2 Å². The molecule has 4 aliphatic carbocycles. The maximum absolute atomic E-state index is 14.5. The zero-order chi connectivity index (χ0) is 28.9. The first kappa shape index (κ1) is 28.8. The summed E-state index contributed by atoms with van der Waals surface area (Å²) >= 11 is 0. The fourth-order valence-corrected chi connectivity index (χ4v) is 10.7. The molecule has 5 aliphatic rings. The summed E-state index contributed by atoms with van der Waals surface area (Å²) in [6.45, 7) is 16.8. The van der Waals surface area contributed by atoms with Gasteiger partial charge in [-0.3, -0.25) is 14.4 Å². The molecule has 7 nitrogen and oxygen atoms in total. The number of esters is 1. The molecule has 3 saturated carbocycles. The van der Waals surface area contributed by atoms with E-state index in [9.17, 15) is 24.6 Å². The molecule has 4 fully saturated rings. The van der Waals surface area contributed by atoms with Crippen LogP contribution in [0, 0.1) is 56.7 Å². The Bertz CT molecular complexity index is 1110. The topological polar surface area (TPSA) is 110 Å². The van der Waals surface area contributed by atoms with Crippen LogP contribution in [0.15, 0.2) is 11.6 Å². The number of ketones is 1. The normalized spacial score (nSPS) is 49.7. The first-order valence-corrected chi connectivity index (χ1v) is 14.9. The number of carboxylic acids is 1. The van der Waals surface area contributed by atoms with Crippen LogP contribution in [0.1, 0.15) is 87.5 Å². The zero-order valence-electron chi connectivity index (χ0n) is 25.0. The predicted molar refractivity (Wildman–Crippen MR) is 146 cm³/mol. The number of aliphatic hydroxyl groups is 1. The standard InChI is InChI=1S/C32H48O7/c1-17(2)18(3)28(5)11-12-30(7)20-9-10-23-29(6)15-38-16-32(23,14-22(26(29)35)39-19(4)33)21(20)13-24(34)31(30,8)25(28)27(36)37/h13,17-18,20,22-23,25-26,35H,9-12,14-16H2,1-8H3,(H,36,37)/t18-,20+,22-,23+,25-,26?,28-,29+,30-,31+,32+/m1/s1. The molecule has 0 amide bonds. The molecular weight excluding hydrogens is 496 g/mol. The van der Waals surface area contributed by atoms with E-state index in [2.05, 4.69) is 34.6 Å². The number of aliphatic hydroxyl groups excluding tert-OH is 1. The van der Waals surface area contributed by atoms with E-state index >= 15 is 0 Å². The quantitative estimate of drug-likeness (QED) is 0.477. The van der Waals surface area contributed by atoms with Crippen molar-refractivity contribution in [2.75, 3.05) is 13.2 Å². The average molecular weight is 545 g/mol. The number of aliphatic carboxylic acids is 1. The van der Waals surface area contributed by atoms with Gasteiger partial charge in [0.1, 0.15) is 6.10 Å². The Hall–Kier alpha value is -1.73. The smallest absolute Gasteiger partial charge is 0.308 e. The number of carbonyl (C=O) groups is 3. The number of hydrogen-bond acceptors (Lipinski definition) is 6. The summed E-state index contributed by atoms with van der Waals surface area (Å²) in [6.07, 6.45) is 3.94. The SMILES string of the molecule is CC(=O)O[C@@H]1C[C@@]23COC[C@](C)(C1O)[C@@H]2CC[C@H]1C3=CC(=O)[C@@]2(C)[C@H](C(=O)O)[C@@](C)([C@H](C)C(C)C)CC[C@]12C. The Balaban J connectivity index is 1.67. The van der Waals surface area contributed by atoms with Gasteiger partial charge < -0.3 is 19.7 Å². The van der Waals surface area contributed by atoms with Gasteiger partial charge in [-0.1, -0.05) is 54.0 Å². The van der Waals surface area contributed by atoms with Gasteiger partial charge in [0.25, 0.3) is 0 Å². The Labute approximate surface area is 233 Å². The number of rotatable bonds is 4. The molecule has 11 atom stereocenters. The van der Waals surface area contributed by atoms with Gasteiger partial charge in [-0.15, -0.1) is 0 Å². The van der Waals surface area contributed by atoms with Crippen LogP contribution in [0.2, 0.25) is 0 Å². The molecule has 218 valence electrons. The highest BCUT2D eigenvalue weighted by Crippen LogP contribution is 2.74. The van der Waals surface area contributed by atoms with Gasteiger partial charge in [-0.2, -0.15) is 0 Å². The molecule has 1 heterocycles. The number of fused-ring (bicyclic) bond motifs is 3. The highest BCUT2D eigenvalue weighted by Gasteiger charge is 2.73. The second-order valence-corrected chi connectivity index (χ2v) is 15.0. The van der Waals surface area contributed by atoms with Gasteiger partial charge in [0.15, 0.2) is 5.78 Å². The van der Waals surface area contributed by atoms with Gasteiger partial charge in [-0.25, -0.2) is 0 Å². The summed E-state index contributed by atoms with van der Waals surface area (Å²) in [7, 11) is 0. The minimum atomic E-state index is -1.05. The Morgan fingerprint density at radius 1 is 1.08 bits per heavy atom. The third-order valence-corrected chi connectivity index (χ3v) is 13.3. The van der Waals surface area contributed by atoms with E-state index in [4.69, 9.17) is 9.47 Å². The highest BCUT2D eigenvalue weighted by atomic mass is 16.6. The fraction of sp³-hybridized carbons (Fsp3) is 0.844. The molecule has 1 saturated heterocycles. The number of carbonyl (C=O) groups excluding carboxylic acids is 2. The molecule has 5 rings (SSSR count). The molecule has 7 heteroatoms. The molecule has 0 spiro atoms. The highest BCUT2D eigenvalue weighted by molar-refractivity contribution is 6.00. The van der Waals surface area contributed by atoms with E-state index < -0.39 is 57.1 Å². The molecule has 0 radical (unpaired) electrons. The number of hydrogen-bond donors (Lipinski definition) is 2. The van der Waals surface area contributed by atoms with Gasteiger partial charge in [-0.05, 0) is 72.7 Å². The average Bonchev–Trinajstić information content (AvgIpc) is 2.84. The maximum Gasteiger partial charge on any atom is 0.308 e. The van der Waals surface area contributed by atoms with Crippen LogP contribution in [0.5, 0.6) is 0 Å². The van der Waals surface area contributed by atoms with Crippen LogP contribution in [-0.4, -0.2) is 53.4 Å². The van der Waals surface area contributed by atoms with Gasteiger partial charge in [0.2, 0.25) is 0 Å². The minimum Gasteiger partial charge on any atom is -0.481 e. The van der Waals surface area contributed by atoms with Crippen molar-refractivity contribution >= 4 is 17.7 Å². The summed E-state index contributed by atoms with van der Waals surface area (Å²) in [5.41, 5.74) is -2.17. The first-order chi connectivity index (χ1) is 18.0. The van der Waals surface area contributed by atoms with E-state index in [1.165, 1.54) is 6.92 Å². The van der Waals surface area contributed by atoms with E-state index in [1.807, 2.05) is 13.8 Å². The van der Waals surface area contributed by atoms with Gasteiger partial charge >= 0.3 is 11.9 Å². The van der Waals surface area contributed by atoms with Crippen LogP contribution in [0.25, 0.3) is 0 Å². The predicted octanol–water partition coefficient (Wildman–Crippen LogP) is 5.05. The lowest BCUT2D eigenvalue weighted by Gasteiger charge is -2.70. The Kier molecular flexibility index (Phi) is 6.56. The summed E-state index contributed by atoms with van der Waals surface area (Å²) in [5.74, 6) is -1.63. The second kappa shape index (κ2) is 8.88. The van der Waals surface area contributed by atoms with E-state index in [-0.39, 0.29) is 23.5 Å². The van der Waals surface area contributed by atoms with Crippen LogP contribution < -0.4 is 0 Å². The monoisotopic (exact) mass is 544 g/mol. The molecule has 1 unspecified atom stereocenters. The van der Waals surface area contributed by atoms with Crippen molar-refractivity contribution in [3.63, 3.8) is 0 Å². The number of carboxylic acid groups (broad SMARTS) is 1. The summed E-state index contributed by atoms with van der Waals surface area (Å²) < 4.78 is 11.9. The largest absolute Gasteiger partial charge is 0.481 e. The summed E-state index contributed by atoms with van der Waals surface area (Å²) in [4.78, 5) is 39.7. The molecule has 2 bridgehead atoms. The van der Waals surface area contributed by atoms with Crippen molar-refractivity contribution in [2.24, 2.45) is 56.7 Å². The molecule has 0 aromatic carbocycles. The van der Waals surface area contributed by atoms with Crippen molar-refractivity contribution in [1.29, 1.82) is 0 Å². The molecule has 0 aromatic heterocycles. The van der Waals surface area contributed by atoms with Crippen molar-refractivity contribution in [2.45, 2.75) is 99.7 Å². The van der Waals surface area contributed by atoms with Crippen molar-refractivity contribution < 1.29 is 34.1 Å². The van der Waals surface area contributed by atoms with Crippen LogP contribution in [0.3, 0.4) is 0 Å². The van der Waals surface area contributed by atoms with Crippen LogP contribution in [0.4, 0.5) is 0 Å². The van der Waals surface area contributed by atoms with E-state index in [0.717, 1.165) is 31.3 Å². The molecular formula is C32H48O7. The van der Waals surface area contributed by atoms with E-state index in [1.54, 1.807) is 6.08 Å². The fourth-order valence-electron chi connectivity index (χ4n) is 10.7. The lowest BCUT2D eigenvalue weighted by Crippen LogP contribution is -2.71. The lowest BCUT2D eigenvalue weighted by molar-refractivity contribution is -0.255. The Morgan fingerprint density at radius 3 is 2.33 bits per heavy atom. The first-order valence-electron chi connectivity index (χ1n) is 14.9. The summed E-state index contributed by atoms with van der Waals surface area (Å²) in [6, 6.07) is 0. The van der Waals surface area contributed by atoms with E-state index in [0.29, 0.717) is 25.6 Å². The van der Waals surface area contributed by atoms with Crippen molar-refractivity contribution in [3.05, 3.63) is 11.6 Å². The second-order valence-electron chi connectivity index (χ2n) is 15.0. The summed E-state index contributed by atoms with van der Waals surface area (Å²) in [5, 5.41) is 22.2. The zero-order valence-corrected chi connectivity index (χ0v) is 25.0. The lowest BCUT2D eigenvalue weighted by atomic mass is 9.34. The molecule has 2 N–H and O–H groups in total. The van der Waals surface area contributed by atoms with Crippen molar-refractivity contribution in [3.8, 4) is 0 Å². The van der Waals surface area contributed by atoms with Crippen LogP contribution >= 0.6 is 0 Å². The van der Waals surface area contributed by atoms with Crippen LogP contribution in [-0.2, 0) is 23.9 Å². The maximum atomic E-state index is 14.5.